The zero-order chi connectivity index (χ0) is 15.1. The number of nitrogens with one attached hydrogen (secondary N) is 1. The van der Waals surface area contributed by atoms with Crippen molar-refractivity contribution in [1.82, 2.24) is 9.62 Å². The van der Waals surface area contributed by atoms with Gasteiger partial charge in [-0.25, -0.2) is 13.1 Å². The van der Waals surface area contributed by atoms with Crippen LogP contribution in [-0.2, 0) is 19.5 Å². The Morgan fingerprint density at radius 1 is 1.29 bits per heavy atom. The first-order chi connectivity index (χ1) is 10.1. The fourth-order valence-electron chi connectivity index (χ4n) is 3.06. The number of methoxy groups -OCH3 is 1. The van der Waals surface area contributed by atoms with Crippen LogP contribution in [0.1, 0.15) is 32.1 Å². The Labute approximate surface area is 128 Å². The molecule has 124 valence electrons. The number of piperidine rings is 1. The van der Waals surface area contributed by atoms with E-state index < -0.39 is 10.0 Å². The van der Waals surface area contributed by atoms with E-state index in [1.165, 1.54) is 0 Å². The van der Waals surface area contributed by atoms with Crippen molar-refractivity contribution in [2.45, 2.75) is 44.2 Å². The monoisotopic (exact) mass is 320 g/mol. The minimum absolute atomic E-state index is 0.0178. The highest BCUT2D eigenvalue weighted by atomic mass is 32.2. The number of hydrogen-bond acceptors (Lipinski definition) is 5. The smallest absolute Gasteiger partial charge is 0.214 e. The lowest BCUT2D eigenvalue weighted by molar-refractivity contribution is 0.0303. The highest BCUT2D eigenvalue weighted by Gasteiger charge is 2.27. The molecule has 21 heavy (non-hydrogen) atoms. The number of likely N-dealkylation sites (tertiary alicyclic amines) is 1. The lowest BCUT2D eigenvalue weighted by Crippen LogP contribution is -2.49. The second-order valence-electron chi connectivity index (χ2n) is 6.02. The van der Waals surface area contributed by atoms with Crippen LogP contribution in [0, 0.1) is 0 Å². The molecule has 0 aromatic rings. The van der Waals surface area contributed by atoms with Crippen LogP contribution in [0.15, 0.2) is 0 Å². The SMILES string of the molecule is COCCN1CCCC(NS(=O)(=O)CC2CCCCO2)C1. The Kier molecular flexibility index (Phi) is 6.88. The van der Waals surface area contributed by atoms with Crippen molar-refractivity contribution >= 4 is 10.0 Å². The zero-order valence-electron chi connectivity index (χ0n) is 12.9. The van der Waals surface area contributed by atoms with E-state index in [0.717, 1.165) is 51.7 Å². The summed E-state index contributed by atoms with van der Waals surface area (Å²) in [6, 6.07) is 0.0178. The van der Waals surface area contributed by atoms with E-state index in [0.29, 0.717) is 13.2 Å². The molecule has 0 amide bonds. The first kappa shape index (κ1) is 17.1. The number of sulfonamides is 1. The summed E-state index contributed by atoms with van der Waals surface area (Å²) in [6.45, 7) is 4.03. The van der Waals surface area contributed by atoms with Crippen LogP contribution in [0.4, 0.5) is 0 Å². The largest absolute Gasteiger partial charge is 0.383 e. The summed E-state index contributed by atoms with van der Waals surface area (Å²) in [5.41, 5.74) is 0. The first-order valence-electron chi connectivity index (χ1n) is 7.92. The van der Waals surface area contributed by atoms with Crippen LogP contribution in [0.25, 0.3) is 0 Å². The number of hydrogen-bond donors (Lipinski definition) is 1. The van der Waals surface area contributed by atoms with Crippen molar-refractivity contribution in [1.29, 1.82) is 0 Å². The van der Waals surface area contributed by atoms with E-state index in [9.17, 15) is 8.42 Å². The summed E-state index contributed by atoms with van der Waals surface area (Å²) in [7, 11) is -1.57. The highest BCUT2D eigenvalue weighted by molar-refractivity contribution is 7.89. The minimum Gasteiger partial charge on any atom is -0.383 e. The van der Waals surface area contributed by atoms with E-state index in [1.807, 2.05) is 0 Å². The maximum absolute atomic E-state index is 12.3. The van der Waals surface area contributed by atoms with Gasteiger partial charge in [0.2, 0.25) is 10.0 Å². The van der Waals surface area contributed by atoms with Gasteiger partial charge in [-0.1, -0.05) is 0 Å². The molecule has 0 bridgehead atoms. The van der Waals surface area contributed by atoms with E-state index in [4.69, 9.17) is 9.47 Å². The van der Waals surface area contributed by atoms with Crippen LogP contribution in [0.5, 0.6) is 0 Å². The van der Waals surface area contributed by atoms with E-state index in [2.05, 4.69) is 9.62 Å². The maximum atomic E-state index is 12.3. The third-order valence-corrected chi connectivity index (χ3v) is 5.65. The molecule has 2 heterocycles. The Balaban J connectivity index is 1.78. The van der Waals surface area contributed by atoms with Gasteiger partial charge in [-0.2, -0.15) is 0 Å². The second-order valence-corrected chi connectivity index (χ2v) is 7.82. The molecule has 6 nitrogen and oxygen atoms in total. The third-order valence-electron chi connectivity index (χ3n) is 4.14. The number of ether oxygens (including phenoxy) is 2. The molecular weight excluding hydrogens is 292 g/mol. The number of rotatable bonds is 7. The molecular formula is C14H28N2O4S. The number of nitrogens with zero attached hydrogens (tertiary/aromatic N) is 1. The lowest BCUT2D eigenvalue weighted by Gasteiger charge is -2.33. The second kappa shape index (κ2) is 8.43. The molecule has 0 aromatic heterocycles. The van der Waals surface area contributed by atoms with Crippen LogP contribution < -0.4 is 4.72 Å². The van der Waals surface area contributed by atoms with Crippen molar-refractivity contribution in [3.05, 3.63) is 0 Å². The van der Waals surface area contributed by atoms with Gasteiger partial charge in [0.25, 0.3) is 0 Å². The predicted molar refractivity (Wildman–Crippen MR) is 81.9 cm³/mol. The van der Waals surface area contributed by atoms with Gasteiger partial charge >= 0.3 is 0 Å². The molecule has 2 fully saturated rings. The van der Waals surface area contributed by atoms with E-state index in [1.54, 1.807) is 7.11 Å². The fraction of sp³-hybridized carbons (Fsp3) is 1.00. The summed E-state index contributed by atoms with van der Waals surface area (Å²) in [5.74, 6) is 0.0988. The average Bonchev–Trinajstić information content (AvgIpc) is 2.45. The van der Waals surface area contributed by atoms with E-state index in [-0.39, 0.29) is 17.9 Å². The Hall–Kier alpha value is -0.210. The quantitative estimate of drug-likeness (QED) is 0.743. The van der Waals surface area contributed by atoms with Gasteiger partial charge in [-0.3, -0.25) is 4.90 Å². The zero-order valence-corrected chi connectivity index (χ0v) is 13.7. The molecule has 2 aliphatic rings. The molecule has 1 N–H and O–H groups in total. The Bertz CT molecular complexity index is 396. The lowest BCUT2D eigenvalue weighted by atomic mass is 10.1. The molecule has 2 saturated heterocycles. The highest BCUT2D eigenvalue weighted by Crippen LogP contribution is 2.15. The normalized spacial score (nSPS) is 28.6. The summed E-state index contributed by atoms with van der Waals surface area (Å²) in [6.07, 6.45) is 4.76. The molecule has 2 rings (SSSR count). The van der Waals surface area contributed by atoms with E-state index >= 15 is 0 Å². The van der Waals surface area contributed by atoms with Gasteiger partial charge in [0, 0.05) is 32.8 Å². The minimum atomic E-state index is -3.26. The maximum Gasteiger partial charge on any atom is 0.214 e. The van der Waals surface area contributed by atoms with Crippen molar-refractivity contribution < 1.29 is 17.9 Å². The van der Waals surface area contributed by atoms with Gasteiger partial charge in [0.15, 0.2) is 0 Å². The van der Waals surface area contributed by atoms with Crippen molar-refractivity contribution in [2.24, 2.45) is 0 Å². The molecule has 2 aliphatic heterocycles. The molecule has 0 spiro atoms. The van der Waals surface area contributed by atoms with Crippen LogP contribution in [0.2, 0.25) is 0 Å². The summed E-state index contributed by atoms with van der Waals surface area (Å²) in [5, 5.41) is 0. The summed E-state index contributed by atoms with van der Waals surface area (Å²) < 4.78 is 38.0. The molecule has 0 aliphatic carbocycles. The van der Waals surface area contributed by atoms with Crippen molar-refractivity contribution in [3.8, 4) is 0 Å². The first-order valence-corrected chi connectivity index (χ1v) is 9.57. The van der Waals surface area contributed by atoms with Crippen molar-refractivity contribution in [3.63, 3.8) is 0 Å². The molecule has 2 unspecified atom stereocenters. The van der Waals surface area contributed by atoms with Gasteiger partial charge in [0.05, 0.1) is 18.5 Å². The van der Waals surface area contributed by atoms with Gasteiger partial charge in [-0.15, -0.1) is 0 Å². The average molecular weight is 320 g/mol. The van der Waals surface area contributed by atoms with Crippen LogP contribution >= 0.6 is 0 Å². The van der Waals surface area contributed by atoms with Gasteiger partial charge in [0.1, 0.15) is 0 Å². The van der Waals surface area contributed by atoms with Crippen LogP contribution in [0.3, 0.4) is 0 Å². The third kappa shape index (κ3) is 6.20. The van der Waals surface area contributed by atoms with Gasteiger partial charge in [-0.05, 0) is 38.6 Å². The summed E-state index contributed by atoms with van der Waals surface area (Å²) >= 11 is 0. The Morgan fingerprint density at radius 2 is 2.14 bits per heavy atom. The predicted octanol–water partition coefficient (Wildman–Crippen LogP) is 0.586. The fourth-order valence-corrected chi connectivity index (χ4v) is 4.61. The Morgan fingerprint density at radius 3 is 2.86 bits per heavy atom. The topological polar surface area (TPSA) is 67.9 Å². The molecule has 0 radical (unpaired) electrons. The van der Waals surface area contributed by atoms with Crippen LogP contribution in [-0.4, -0.2) is 71.2 Å². The standard InChI is InChI=1S/C14H28N2O4S/c1-19-10-8-16-7-4-5-13(11-16)15-21(17,18)12-14-6-2-3-9-20-14/h13-15H,2-12H2,1H3. The molecule has 7 heteroatoms. The molecule has 0 aromatic carbocycles. The van der Waals surface area contributed by atoms with Gasteiger partial charge < -0.3 is 9.47 Å². The summed E-state index contributed by atoms with van der Waals surface area (Å²) in [4.78, 5) is 2.26. The molecule has 0 saturated carbocycles. The van der Waals surface area contributed by atoms with Crippen molar-refractivity contribution in [2.75, 3.05) is 45.7 Å². The molecule has 2 atom stereocenters.